The van der Waals surface area contributed by atoms with Crippen molar-refractivity contribution in [3.63, 3.8) is 0 Å². The molecule has 5 rings (SSSR count). The molecule has 4 heteroatoms. The molecular weight excluding hydrogens is 470 g/mol. The van der Waals surface area contributed by atoms with Crippen LogP contribution in [0.1, 0.15) is 66.0 Å². The first-order valence-corrected chi connectivity index (χ1v) is 13.5. The molecule has 4 aromatic rings. The van der Waals surface area contributed by atoms with Gasteiger partial charge in [0.2, 0.25) is 0 Å². The molecule has 0 spiro atoms. The number of nitrogens with zero attached hydrogens (tertiary/aromatic N) is 1. The average molecular weight is 506 g/mol. The summed E-state index contributed by atoms with van der Waals surface area (Å²) in [6.07, 6.45) is 3.10. The minimum Gasteiger partial charge on any atom is -0.380 e. The highest BCUT2D eigenvalue weighted by Crippen LogP contribution is 2.34. The predicted octanol–water partition coefficient (Wildman–Crippen LogP) is 7.86. The number of Topliss-reactive ketones (excluding diaryl/α,β-unsaturated/α-hetero) is 1. The van der Waals surface area contributed by atoms with Gasteiger partial charge >= 0.3 is 0 Å². The number of benzene rings is 3. The highest BCUT2D eigenvalue weighted by atomic mass is 16.5. The Balaban J connectivity index is 1.65. The van der Waals surface area contributed by atoms with E-state index >= 15 is 0 Å². The van der Waals surface area contributed by atoms with E-state index in [9.17, 15) is 9.59 Å². The zero-order valence-corrected chi connectivity index (χ0v) is 22.9. The molecule has 1 heterocycles. The standard InChI is InChI=1S/C34H35NO3/c1-6-38-16-15-35-30-13-11-25(33(36)27-10-8-7-9-22(27)3)19-28(30)29-20-26(12-14-31(29)35)34(37)32-23(4)17-21(2)18-24(32)5/h7-14,17,19-21H,6,15-16,18H2,1-5H3. The third-order valence-electron chi connectivity index (χ3n) is 7.65. The lowest BCUT2D eigenvalue weighted by atomic mass is 9.83. The van der Waals surface area contributed by atoms with Gasteiger partial charge in [-0.2, -0.15) is 0 Å². The summed E-state index contributed by atoms with van der Waals surface area (Å²) in [7, 11) is 0. The fourth-order valence-corrected chi connectivity index (χ4v) is 5.92. The van der Waals surface area contributed by atoms with E-state index in [1.807, 2.05) is 81.4 Å². The van der Waals surface area contributed by atoms with Crippen molar-refractivity contribution in [2.75, 3.05) is 13.2 Å². The number of aromatic nitrogens is 1. The Kier molecular flexibility index (Phi) is 7.18. The number of hydrogen-bond donors (Lipinski definition) is 0. The molecule has 4 nitrogen and oxygen atoms in total. The van der Waals surface area contributed by atoms with Crippen molar-refractivity contribution in [1.29, 1.82) is 0 Å². The fraction of sp³-hybridized carbons (Fsp3) is 0.294. The van der Waals surface area contributed by atoms with Gasteiger partial charge in [0.25, 0.3) is 0 Å². The van der Waals surface area contributed by atoms with Gasteiger partial charge in [0, 0.05) is 57.2 Å². The zero-order chi connectivity index (χ0) is 27.0. The SMILES string of the molecule is CCOCCn1c2ccc(C(=O)C3=C(C)CC(C)C=C3C)cc2c2cc(C(=O)c3ccccc3C)ccc21. The van der Waals surface area contributed by atoms with Crippen LogP contribution in [-0.2, 0) is 11.3 Å². The first kappa shape index (κ1) is 25.9. The fourth-order valence-electron chi connectivity index (χ4n) is 5.92. The second-order valence-electron chi connectivity index (χ2n) is 10.5. The molecule has 1 atom stereocenters. The number of fused-ring (bicyclic) bond motifs is 3. The number of aryl methyl sites for hydroxylation is 1. The van der Waals surface area contributed by atoms with Crippen LogP contribution in [0.15, 0.2) is 83.5 Å². The number of carbonyl (C=O) groups is 2. The summed E-state index contributed by atoms with van der Waals surface area (Å²) in [6, 6.07) is 19.6. The molecule has 0 radical (unpaired) electrons. The van der Waals surface area contributed by atoms with Crippen LogP contribution in [-0.4, -0.2) is 29.3 Å². The summed E-state index contributed by atoms with van der Waals surface area (Å²) in [4.78, 5) is 27.2. The van der Waals surface area contributed by atoms with Gasteiger partial charge in [0.15, 0.2) is 11.6 Å². The summed E-state index contributed by atoms with van der Waals surface area (Å²) >= 11 is 0. The molecule has 0 fully saturated rings. The van der Waals surface area contributed by atoms with Crippen molar-refractivity contribution in [3.05, 3.63) is 106 Å². The van der Waals surface area contributed by atoms with Crippen molar-refractivity contribution in [1.82, 2.24) is 4.57 Å². The van der Waals surface area contributed by atoms with Crippen LogP contribution in [0.5, 0.6) is 0 Å². The summed E-state index contributed by atoms with van der Waals surface area (Å²) in [5, 5.41) is 1.95. The minimum atomic E-state index is 0.00492. The molecule has 0 amide bonds. The molecule has 38 heavy (non-hydrogen) atoms. The maximum absolute atomic E-state index is 13.7. The van der Waals surface area contributed by atoms with Crippen LogP contribution in [0.3, 0.4) is 0 Å². The van der Waals surface area contributed by atoms with Crippen LogP contribution < -0.4 is 0 Å². The average Bonchev–Trinajstić information content (AvgIpc) is 3.20. The molecule has 0 saturated carbocycles. The summed E-state index contributed by atoms with van der Waals surface area (Å²) in [5.74, 6) is 0.513. The maximum atomic E-state index is 13.7. The van der Waals surface area contributed by atoms with Crippen molar-refractivity contribution < 1.29 is 14.3 Å². The molecule has 0 aliphatic heterocycles. The molecule has 1 unspecified atom stereocenters. The van der Waals surface area contributed by atoms with E-state index in [1.54, 1.807) is 0 Å². The van der Waals surface area contributed by atoms with E-state index in [4.69, 9.17) is 4.74 Å². The van der Waals surface area contributed by atoms with Crippen LogP contribution in [0.25, 0.3) is 21.8 Å². The van der Waals surface area contributed by atoms with Crippen LogP contribution in [0.2, 0.25) is 0 Å². The summed E-state index contributed by atoms with van der Waals surface area (Å²) < 4.78 is 7.90. The Morgan fingerprint density at radius 2 is 1.53 bits per heavy atom. The van der Waals surface area contributed by atoms with Gasteiger partial charge in [-0.3, -0.25) is 9.59 Å². The lowest BCUT2D eigenvalue weighted by Crippen LogP contribution is -2.13. The van der Waals surface area contributed by atoms with E-state index in [0.29, 0.717) is 42.4 Å². The largest absolute Gasteiger partial charge is 0.380 e. The van der Waals surface area contributed by atoms with Crippen LogP contribution in [0, 0.1) is 12.8 Å². The van der Waals surface area contributed by atoms with E-state index < -0.39 is 0 Å². The van der Waals surface area contributed by atoms with E-state index in [0.717, 1.165) is 50.5 Å². The molecule has 194 valence electrons. The Labute approximate surface area is 224 Å². The van der Waals surface area contributed by atoms with Crippen molar-refractivity contribution in [2.24, 2.45) is 5.92 Å². The molecule has 3 aromatic carbocycles. The molecule has 1 aliphatic rings. The molecule has 1 aliphatic carbocycles. The Hall–Kier alpha value is -3.76. The summed E-state index contributed by atoms with van der Waals surface area (Å²) in [6.45, 7) is 12.2. The number of hydrogen-bond acceptors (Lipinski definition) is 3. The number of ketones is 2. The second kappa shape index (κ2) is 10.5. The molecular formula is C34H35NO3. The van der Waals surface area contributed by atoms with E-state index in [1.165, 1.54) is 0 Å². The topological polar surface area (TPSA) is 48.3 Å². The smallest absolute Gasteiger partial charge is 0.193 e. The highest BCUT2D eigenvalue weighted by molar-refractivity contribution is 6.18. The van der Waals surface area contributed by atoms with Crippen molar-refractivity contribution >= 4 is 33.4 Å². The third-order valence-corrected chi connectivity index (χ3v) is 7.65. The monoisotopic (exact) mass is 505 g/mol. The Morgan fingerprint density at radius 1 is 0.895 bits per heavy atom. The Morgan fingerprint density at radius 3 is 2.13 bits per heavy atom. The zero-order valence-electron chi connectivity index (χ0n) is 22.9. The predicted molar refractivity (Wildman–Crippen MR) is 155 cm³/mol. The second-order valence-corrected chi connectivity index (χ2v) is 10.5. The lowest BCUT2D eigenvalue weighted by molar-refractivity contribution is 0.102. The molecule has 0 saturated heterocycles. The first-order chi connectivity index (χ1) is 18.3. The van der Waals surface area contributed by atoms with E-state index in [-0.39, 0.29) is 11.6 Å². The van der Waals surface area contributed by atoms with Gasteiger partial charge in [0.05, 0.1) is 6.61 Å². The van der Waals surface area contributed by atoms with E-state index in [2.05, 4.69) is 24.5 Å². The van der Waals surface area contributed by atoms with Gasteiger partial charge in [-0.25, -0.2) is 0 Å². The number of carbonyl (C=O) groups excluding carboxylic acids is 2. The molecule has 0 bridgehead atoms. The maximum Gasteiger partial charge on any atom is 0.193 e. The quantitative estimate of drug-likeness (QED) is 0.181. The van der Waals surface area contributed by atoms with Gasteiger partial charge in [0.1, 0.15) is 0 Å². The van der Waals surface area contributed by atoms with Gasteiger partial charge < -0.3 is 9.30 Å². The van der Waals surface area contributed by atoms with Crippen LogP contribution >= 0.6 is 0 Å². The lowest BCUT2D eigenvalue weighted by Gasteiger charge is -2.21. The first-order valence-electron chi connectivity index (χ1n) is 13.5. The van der Waals surface area contributed by atoms with Gasteiger partial charge in [-0.05, 0) is 87.6 Å². The molecule has 0 N–H and O–H groups in total. The van der Waals surface area contributed by atoms with Gasteiger partial charge in [-0.1, -0.05) is 42.8 Å². The molecule has 1 aromatic heterocycles. The number of ether oxygens (including phenoxy) is 1. The third kappa shape index (κ3) is 4.65. The summed E-state index contributed by atoms with van der Waals surface area (Å²) in [5.41, 5.74) is 8.08. The van der Waals surface area contributed by atoms with Crippen molar-refractivity contribution in [3.8, 4) is 0 Å². The number of rotatable bonds is 8. The van der Waals surface area contributed by atoms with Crippen LogP contribution in [0.4, 0.5) is 0 Å². The minimum absolute atomic E-state index is 0.00492. The normalized spacial score (nSPS) is 15.8. The van der Waals surface area contributed by atoms with Gasteiger partial charge in [-0.15, -0.1) is 0 Å². The van der Waals surface area contributed by atoms with Crippen molar-refractivity contribution in [2.45, 2.75) is 47.6 Å². The highest BCUT2D eigenvalue weighted by Gasteiger charge is 2.23. The number of allylic oxidation sites excluding steroid dienone is 4. The Bertz CT molecular complexity index is 1630.